The molecule has 0 saturated carbocycles. The van der Waals surface area contributed by atoms with Crippen LogP contribution < -0.4 is 10.6 Å². The number of amides is 1. The third kappa shape index (κ3) is 3.12. The zero-order valence-corrected chi connectivity index (χ0v) is 11.1. The van der Waals surface area contributed by atoms with Crippen LogP contribution in [0.3, 0.4) is 0 Å². The van der Waals surface area contributed by atoms with Crippen molar-refractivity contribution in [3.63, 3.8) is 0 Å². The maximum atomic E-state index is 12.1. The van der Waals surface area contributed by atoms with Crippen LogP contribution in [0.5, 0.6) is 0 Å². The quantitative estimate of drug-likeness (QED) is 0.805. The molecule has 2 N–H and O–H groups in total. The van der Waals surface area contributed by atoms with Crippen LogP contribution in [-0.4, -0.2) is 32.1 Å². The summed E-state index contributed by atoms with van der Waals surface area (Å²) in [5, 5.41) is 6.07. The summed E-state index contributed by atoms with van der Waals surface area (Å²) in [5.74, 6) is -0.0237. The van der Waals surface area contributed by atoms with E-state index in [0.717, 1.165) is 6.54 Å². The molecule has 5 nitrogen and oxygen atoms in total. The molecular formula is C14H18N2O3. The van der Waals surface area contributed by atoms with Crippen molar-refractivity contribution in [1.82, 2.24) is 5.32 Å². The minimum atomic E-state index is -0.383. The van der Waals surface area contributed by atoms with E-state index in [2.05, 4.69) is 22.3 Å². The number of rotatable bonds is 3. The van der Waals surface area contributed by atoms with Gasteiger partial charge < -0.3 is 15.4 Å². The monoisotopic (exact) mass is 262 g/mol. The van der Waals surface area contributed by atoms with Crippen LogP contribution in [0.2, 0.25) is 0 Å². The summed E-state index contributed by atoms with van der Waals surface area (Å²) < 4.78 is 4.62. The van der Waals surface area contributed by atoms with Crippen LogP contribution in [0, 0.1) is 11.8 Å². The average Bonchev–Trinajstić information content (AvgIpc) is 2.85. The summed E-state index contributed by atoms with van der Waals surface area (Å²) >= 11 is 0. The summed E-state index contributed by atoms with van der Waals surface area (Å²) in [6, 6.07) is 6.68. The van der Waals surface area contributed by atoms with Crippen LogP contribution in [0.4, 0.5) is 5.69 Å². The number of hydrogen-bond donors (Lipinski definition) is 2. The molecule has 1 aromatic rings. The molecule has 1 amide bonds. The first kappa shape index (κ1) is 13.5. The van der Waals surface area contributed by atoms with Crippen molar-refractivity contribution in [1.29, 1.82) is 0 Å². The van der Waals surface area contributed by atoms with Crippen LogP contribution in [0.1, 0.15) is 17.3 Å². The van der Waals surface area contributed by atoms with Crippen molar-refractivity contribution >= 4 is 17.6 Å². The molecule has 1 aliphatic rings. The Bertz CT molecular complexity index is 470. The molecule has 1 aliphatic heterocycles. The summed E-state index contributed by atoms with van der Waals surface area (Å²) in [4.78, 5) is 23.3. The fraction of sp³-hybridized carbons (Fsp3) is 0.429. The number of ether oxygens (including phenoxy) is 1. The van der Waals surface area contributed by atoms with E-state index >= 15 is 0 Å². The lowest BCUT2D eigenvalue weighted by Gasteiger charge is -2.14. The van der Waals surface area contributed by atoms with Crippen molar-refractivity contribution in [3.05, 3.63) is 29.8 Å². The van der Waals surface area contributed by atoms with Crippen LogP contribution in [-0.2, 0) is 9.53 Å². The summed E-state index contributed by atoms with van der Waals surface area (Å²) in [6.07, 6.45) is 0. The highest BCUT2D eigenvalue weighted by Crippen LogP contribution is 2.18. The smallest absolute Gasteiger partial charge is 0.337 e. The summed E-state index contributed by atoms with van der Waals surface area (Å²) in [5.41, 5.74) is 1.16. The van der Waals surface area contributed by atoms with Gasteiger partial charge in [0.2, 0.25) is 5.91 Å². The Morgan fingerprint density at radius 1 is 1.26 bits per heavy atom. The Morgan fingerprint density at radius 2 is 1.95 bits per heavy atom. The van der Waals surface area contributed by atoms with Crippen molar-refractivity contribution in [2.24, 2.45) is 11.8 Å². The third-order valence-corrected chi connectivity index (χ3v) is 3.43. The zero-order chi connectivity index (χ0) is 13.8. The summed E-state index contributed by atoms with van der Waals surface area (Å²) in [6.45, 7) is 3.65. The van der Waals surface area contributed by atoms with Gasteiger partial charge in [-0.3, -0.25) is 4.79 Å². The number of carbonyl (C=O) groups is 2. The third-order valence-electron chi connectivity index (χ3n) is 3.43. The maximum absolute atomic E-state index is 12.1. The first-order valence-corrected chi connectivity index (χ1v) is 6.31. The van der Waals surface area contributed by atoms with E-state index in [0.29, 0.717) is 23.7 Å². The van der Waals surface area contributed by atoms with Gasteiger partial charge in [0, 0.05) is 12.2 Å². The van der Waals surface area contributed by atoms with Crippen molar-refractivity contribution in [2.45, 2.75) is 6.92 Å². The van der Waals surface area contributed by atoms with E-state index in [1.807, 2.05) is 0 Å². The van der Waals surface area contributed by atoms with Crippen molar-refractivity contribution < 1.29 is 14.3 Å². The SMILES string of the molecule is COC(=O)c1ccc(NC(=O)C2CNCC2C)cc1. The molecule has 0 aliphatic carbocycles. The molecular weight excluding hydrogens is 244 g/mol. The standard InChI is InChI=1S/C14H18N2O3/c1-9-7-15-8-12(9)13(17)16-11-5-3-10(4-6-11)14(18)19-2/h3-6,9,12,15H,7-8H2,1-2H3,(H,16,17). The van der Waals surface area contributed by atoms with Gasteiger partial charge in [-0.1, -0.05) is 6.92 Å². The lowest BCUT2D eigenvalue weighted by atomic mass is 9.97. The second-order valence-corrected chi connectivity index (χ2v) is 4.80. The number of anilines is 1. The predicted molar refractivity (Wildman–Crippen MR) is 71.9 cm³/mol. The van der Waals surface area contributed by atoms with Gasteiger partial charge in [-0.15, -0.1) is 0 Å². The molecule has 2 rings (SSSR count). The first-order chi connectivity index (χ1) is 9.11. The van der Waals surface area contributed by atoms with E-state index in [9.17, 15) is 9.59 Å². The van der Waals surface area contributed by atoms with Gasteiger partial charge in [-0.2, -0.15) is 0 Å². The molecule has 19 heavy (non-hydrogen) atoms. The van der Waals surface area contributed by atoms with Gasteiger partial charge in [-0.05, 0) is 36.7 Å². The highest BCUT2D eigenvalue weighted by molar-refractivity contribution is 5.94. The second-order valence-electron chi connectivity index (χ2n) is 4.80. The largest absolute Gasteiger partial charge is 0.465 e. The molecule has 2 unspecified atom stereocenters. The van der Waals surface area contributed by atoms with E-state index < -0.39 is 0 Å². The fourth-order valence-corrected chi connectivity index (χ4v) is 2.20. The van der Waals surface area contributed by atoms with Gasteiger partial charge in [0.25, 0.3) is 0 Å². The number of nitrogens with one attached hydrogen (secondary N) is 2. The molecule has 0 aromatic heterocycles. The predicted octanol–water partition coefficient (Wildman–Crippen LogP) is 1.27. The number of benzene rings is 1. The minimum absolute atomic E-state index is 0.000263. The Morgan fingerprint density at radius 3 is 2.47 bits per heavy atom. The molecule has 5 heteroatoms. The van der Waals surface area contributed by atoms with E-state index in [1.165, 1.54) is 7.11 Å². The Labute approximate surface area is 112 Å². The van der Waals surface area contributed by atoms with Gasteiger partial charge in [0.15, 0.2) is 0 Å². The lowest BCUT2D eigenvalue weighted by molar-refractivity contribution is -0.120. The zero-order valence-electron chi connectivity index (χ0n) is 11.1. The van der Waals surface area contributed by atoms with Crippen molar-refractivity contribution in [3.8, 4) is 0 Å². The molecule has 0 spiro atoms. The van der Waals surface area contributed by atoms with Gasteiger partial charge in [0.05, 0.1) is 18.6 Å². The Balaban J connectivity index is 1.99. The van der Waals surface area contributed by atoms with E-state index in [4.69, 9.17) is 0 Å². The molecule has 1 saturated heterocycles. The van der Waals surface area contributed by atoms with E-state index in [1.54, 1.807) is 24.3 Å². The van der Waals surface area contributed by atoms with Gasteiger partial charge in [-0.25, -0.2) is 4.79 Å². The lowest BCUT2D eigenvalue weighted by Crippen LogP contribution is -2.27. The summed E-state index contributed by atoms with van der Waals surface area (Å²) in [7, 11) is 1.34. The topological polar surface area (TPSA) is 67.4 Å². The number of esters is 1. The molecule has 1 fully saturated rings. The molecule has 1 aromatic carbocycles. The minimum Gasteiger partial charge on any atom is -0.465 e. The number of hydrogen-bond acceptors (Lipinski definition) is 4. The van der Waals surface area contributed by atoms with Crippen LogP contribution in [0.25, 0.3) is 0 Å². The van der Waals surface area contributed by atoms with Crippen LogP contribution in [0.15, 0.2) is 24.3 Å². The second kappa shape index (κ2) is 5.84. The highest BCUT2D eigenvalue weighted by atomic mass is 16.5. The molecule has 102 valence electrons. The highest BCUT2D eigenvalue weighted by Gasteiger charge is 2.29. The van der Waals surface area contributed by atoms with Crippen LogP contribution >= 0.6 is 0 Å². The molecule has 0 bridgehead atoms. The van der Waals surface area contributed by atoms with Gasteiger partial charge in [0.1, 0.15) is 0 Å². The van der Waals surface area contributed by atoms with Gasteiger partial charge >= 0.3 is 5.97 Å². The molecule has 2 atom stereocenters. The Kier molecular flexibility index (Phi) is 4.16. The fourth-order valence-electron chi connectivity index (χ4n) is 2.20. The number of methoxy groups -OCH3 is 1. The number of carbonyl (C=O) groups excluding carboxylic acids is 2. The first-order valence-electron chi connectivity index (χ1n) is 6.31. The maximum Gasteiger partial charge on any atom is 0.337 e. The Hall–Kier alpha value is -1.88. The van der Waals surface area contributed by atoms with E-state index in [-0.39, 0.29) is 17.8 Å². The molecule has 1 heterocycles. The molecule has 0 radical (unpaired) electrons. The van der Waals surface area contributed by atoms with Crippen molar-refractivity contribution in [2.75, 3.05) is 25.5 Å². The average molecular weight is 262 g/mol. The normalized spacial score (nSPS) is 22.0.